The highest BCUT2D eigenvalue weighted by Crippen LogP contribution is 2.16. The van der Waals surface area contributed by atoms with Gasteiger partial charge in [-0.2, -0.15) is 4.98 Å². The lowest BCUT2D eigenvalue weighted by Gasteiger charge is -2.31. The van der Waals surface area contributed by atoms with Crippen LogP contribution >= 0.6 is 0 Å². The molecule has 1 aliphatic rings. The minimum Gasteiger partial charge on any atom is -0.340 e. The smallest absolute Gasteiger partial charge is 0.205 e. The van der Waals surface area contributed by atoms with Crippen molar-refractivity contribution >= 4 is 17.1 Å². The van der Waals surface area contributed by atoms with E-state index in [0.29, 0.717) is 6.04 Å². The maximum atomic E-state index is 4.50. The van der Waals surface area contributed by atoms with Gasteiger partial charge in [0.05, 0.1) is 5.52 Å². The second kappa shape index (κ2) is 3.75. The zero-order chi connectivity index (χ0) is 11.0. The highest BCUT2D eigenvalue weighted by Gasteiger charge is 2.18. The fraction of sp³-hybridized carbons (Fsp3) is 0.455. The molecule has 0 unspecified atom stereocenters. The van der Waals surface area contributed by atoms with Gasteiger partial charge < -0.3 is 15.2 Å². The van der Waals surface area contributed by atoms with Crippen LogP contribution in [0.5, 0.6) is 0 Å². The number of rotatable bonds is 1. The second-order valence-electron chi connectivity index (χ2n) is 4.24. The van der Waals surface area contributed by atoms with Gasteiger partial charge in [0.1, 0.15) is 0 Å². The average molecular weight is 217 g/mol. The van der Waals surface area contributed by atoms with Crippen LogP contribution in [-0.4, -0.2) is 40.6 Å². The fourth-order valence-electron chi connectivity index (χ4n) is 2.11. The molecule has 1 aliphatic heterocycles. The molecule has 84 valence electrons. The van der Waals surface area contributed by atoms with Gasteiger partial charge in [0.15, 0.2) is 5.65 Å². The molecule has 1 saturated heterocycles. The number of nitrogens with one attached hydrogen (secondary N) is 2. The normalized spacial score (nSPS) is 21.6. The summed E-state index contributed by atoms with van der Waals surface area (Å²) in [5.41, 5.74) is 1.80. The molecule has 1 atom stereocenters. The van der Waals surface area contributed by atoms with E-state index < -0.39 is 0 Å². The zero-order valence-electron chi connectivity index (χ0n) is 9.27. The van der Waals surface area contributed by atoms with Gasteiger partial charge in [-0.25, -0.2) is 4.98 Å². The van der Waals surface area contributed by atoms with Crippen molar-refractivity contribution < 1.29 is 0 Å². The highest BCUT2D eigenvalue weighted by atomic mass is 15.3. The molecule has 0 aliphatic carbocycles. The number of nitrogens with zero attached hydrogens (tertiary/aromatic N) is 3. The molecule has 0 bridgehead atoms. The SMILES string of the molecule is C[C@H]1CN(c2nc3ncccc3[nH]2)CCN1. The zero-order valence-corrected chi connectivity index (χ0v) is 9.27. The summed E-state index contributed by atoms with van der Waals surface area (Å²) in [4.78, 5) is 14.3. The second-order valence-corrected chi connectivity index (χ2v) is 4.24. The first-order valence-electron chi connectivity index (χ1n) is 5.62. The maximum absolute atomic E-state index is 4.50. The van der Waals surface area contributed by atoms with E-state index in [2.05, 4.69) is 32.1 Å². The quantitative estimate of drug-likeness (QED) is 0.740. The standard InChI is InChI=1S/C11H15N5/c1-8-7-16(6-5-12-8)11-14-9-3-2-4-13-10(9)15-11/h2-4,8,12H,5-7H2,1H3,(H,13,14,15)/t8-/m0/s1. The van der Waals surface area contributed by atoms with Crippen molar-refractivity contribution in [2.45, 2.75) is 13.0 Å². The minimum absolute atomic E-state index is 0.509. The van der Waals surface area contributed by atoms with Gasteiger partial charge in [-0.05, 0) is 19.1 Å². The fourth-order valence-corrected chi connectivity index (χ4v) is 2.11. The molecule has 0 spiro atoms. The van der Waals surface area contributed by atoms with Crippen molar-refractivity contribution in [1.82, 2.24) is 20.3 Å². The molecule has 0 saturated carbocycles. The van der Waals surface area contributed by atoms with Crippen molar-refractivity contribution in [3.05, 3.63) is 18.3 Å². The lowest BCUT2D eigenvalue weighted by Crippen LogP contribution is -2.49. The van der Waals surface area contributed by atoms with Crippen molar-refractivity contribution in [2.75, 3.05) is 24.5 Å². The van der Waals surface area contributed by atoms with Crippen molar-refractivity contribution in [1.29, 1.82) is 0 Å². The molecule has 16 heavy (non-hydrogen) atoms. The molecule has 5 heteroatoms. The van der Waals surface area contributed by atoms with Crippen LogP contribution in [0, 0.1) is 0 Å². The molecule has 2 aromatic heterocycles. The molecule has 5 nitrogen and oxygen atoms in total. The van der Waals surface area contributed by atoms with Gasteiger partial charge in [-0.1, -0.05) is 0 Å². The summed E-state index contributed by atoms with van der Waals surface area (Å²) in [7, 11) is 0. The monoisotopic (exact) mass is 217 g/mol. The van der Waals surface area contributed by atoms with Crippen molar-refractivity contribution in [2.24, 2.45) is 0 Å². The van der Waals surface area contributed by atoms with Gasteiger partial charge in [-0.3, -0.25) is 0 Å². The van der Waals surface area contributed by atoms with Crippen molar-refractivity contribution in [3.63, 3.8) is 0 Å². The summed E-state index contributed by atoms with van der Waals surface area (Å²) in [6, 6.07) is 4.43. The Kier molecular flexibility index (Phi) is 2.25. The van der Waals surface area contributed by atoms with E-state index in [1.54, 1.807) is 6.20 Å². The Morgan fingerprint density at radius 2 is 2.44 bits per heavy atom. The van der Waals surface area contributed by atoms with E-state index in [9.17, 15) is 0 Å². The number of hydrogen-bond acceptors (Lipinski definition) is 4. The lowest BCUT2D eigenvalue weighted by molar-refractivity contribution is 0.480. The van der Waals surface area contributed by atoms with Gasteiger partial charge >= 0.3 is 0 Å². The summed E-state index contributed by atoms with van der Waals surface area (Å²) in [5.74, 6) is 0.932. The number of pyridine rings is 1. The van der Waals surface area contributed by atoms with E-state index in [1.165, 1.54) is 0 Å². The van der Waals surface area contributed by atoms with Gasteiger partial charge in [0, 0.05) is 31.9 Å². The highest BCUT2D eigenvalue weighted by molar-refractivity contribution is 5.73. The van der Waals surface area contributed by atoms with Crippen LogP contribution < -0.4 is 10.2 Å². The Bertz CT molecular complexity index is 459. The van der Waals surface area contributed by atoms with E-state index in [0.717, 1.165) is 36.7 Å². The topological polar surface area (TPSA) is 56.8 Å². The average Bonchev–Trinajstić information content (AvgIpc) is 2.72. The largest absolute Gasteiger partial charge is 0.340 e. The molecule has 2 aromatic rings. The van der Waals surface area contributed by atoms with Crippen LogP contribution in [0.1, 0.15) is 6.92 Å². The lowest BCUT2D eigenvalue weighted by atomic mass is 10.2. The summed E-state index contributed by atoms with van der Waals surface area (Å²) in [6.45, 7) is 5.17. The Labute approximate surface area is 93.9 Å². The van der Waals surface area contributed by atoms with Gasteiger partial charge in [0.25, 0.3) is 0 Å². The predicted octanol–water partition coefficient (Wildman–Crippen LogP) is 0.756. The van der Waals surface area contributed by atoms with Crippen LogP contribution in [0.2, 0.25) is 0 Å². The van der Waals surface area contributed by atoms with Crippen molar-refractivity contribution in [3.8, 4) is 0 Å². The molecule has 0 amide bonds. The third kappa shape index (κ3) is 1.63. The van der Waals surface area contributed by atoms with Gasteiger partial charge in [-0.15, -0.1) is 0 Å². The first-order chi connectivity index (χ1) is 7.83. The number of fused-ring (bicyclic) bond motifs is 1. The predicted molar refractivity (Wildman–Crippen MR) is 63.6 cm³/mol. The number of aromatic amines is 1. The van der Waals surface area contributed by atoms with E-state index in [-0.39, 0.29) is 0 Å². The third-order valence-electron chi connectivity index (χ3n) is 2.91. The number of imidazole rings is 1. The van der Waals surface area contributed by atoms with E-state index >= 15 is 0 Å². The molecule has 2 N–H and O–H groups in total. The molecule has 3 heterocycles. The van der Waals surface area contributed by atoms with Crippen LogP contribution in [0.15, 0.2) is 18.3 Å². The third-order valence-corrected chi connectivity index (χ3v) is 2.91. The molecular formula is C11H15N5. The maximum Gasteiger partial charge on any atom is 0.205 e. The summed E-state index contributed by atoms with van der Waals surface area (Å²) < 4.78 is 0. The van der Waals surface area contributed by atoms with Crippen LogP contribution in [0.4, 0.5) is 5.95 Å². The van der Waals surface area contributed by atoms with Crippen LogP contribution in [0.3, 0.4) is 0 Å². The Morgan fingerprint density at radius 3 is 3.25 bits per heavy atom. The van der Waals surface area contributed by atoms with Crippen LogP contribution in [-0.2, 0) is 0 Å². The summed E-state index contributed by atoms with van der Waals surface area (Å²) in [6.07, 6.45) is 1.77. The Hall–Kier alpha value is -1.62. The first kappa shape index (κ1) is 9.59. The first-order valence-corrected chi connectivity index (χ1v) is 5.62. The van der Waals surface area contributed by atoms with Crippen LogP contribution in [0.25, 0.3) is 11.2 Å². The molecule has 3 rings (SSSR count). The number of aromatic nitrogens is 3. The minimum atomic E-state index is 0.509. The molecule has 0 aromatic carbocycles. The Morgan fingerprint density at radius 1 is 1.50 bits per heavy atom. The molecule has 1 fully saturated rings. The molecular weight excluding hydrogens is 202 g/mol. The number of piperazine rings is 1. The Balaban J connectivity index is 1.93. The van der Waals surface area contributed by atoms with E-state index in [4.69, 9.17) is 0 Å². The number of H-pyrrole nitrogens is 1. The van der Waals surface area contributed by atoms with E-state index in [1.807, 2.05) is 12.1 Å². The van der Waals surface area contributed by atoms with Gasteiger partial charge in [0.2, 0.25) is 5.95 Å². The summed E-state index contributed by atoms with van der Waals surface area (Å²) >= 11 is 0. The number of anilines is 1. The number of hydrogen-bond donors (Lipinski definition) is 2. The summed E-state index contributed by atoms with van der Waals surface area (Å²) in [5, 5.41) is 3.42. The molecule has 0 radical (unpaired) electrons.